The summed E-state index contributed by atoms with van der Waals surface area (Å²) >= 11 is 0. The zero-order valence-electron chi connectivity index (χ0n) is 8.51. The van der Waals surface area contributed by atoms with Crippen molar-refractivity contribution in [3.05, 3.63) is 29.6 Å². The number of hydrogen-bond acceptors (Lipinski definition) is 4. The van der Waals surface area contributed by atoms with Crippen molar-refractivity contribution in [3.63, 3.8) is 0 Å². The Hall–Kier alpha value is -1.95. The van der Waals surface area contributed by atoms with Gasteiger partial charge >= 0.3 is 5.97 Å². The third-order valence-corrected chi connectivity index (χ3v) is 1.87. The van der Waals surface area contributed by atoms with Crippen LogP contribution in [0.5, 0.6) is 0 Å². The third kappa shape index (κ3) is 3.03. The van der Waals surface area contributed by atoms with Crippen LogP contribution in [-0.4, -0.2) is 40.2 Å². The molecular weight excluding hydrogens is 212 g/mol. The standard InChI is InChI=1S/C10H12N2O4/c13-6-2-5-12-9(14)8-7(10(15)16)3-1-4-11-8/h1,3-4,13H,2,5-6H2,(H,12,14)(H,15,16). The number of nitrogens with one attached hydrogen (secondary N) is 1. The Morgan fingerprint density at radius 1 is 1.44 bits per heavy atom. The molecule has 1 heterocycles. The fourth-order valence-corrected chi connectivity index (χ4v) is 1.12. The van der Waals surface area contributed by atoms with E-state index in [0.29, 0.717) is 6.42 Å². The molecule has 0 unspecified atom stereocenters. The number of hydrogen-bond donors (Lipinski definition) is 3. The van der Waals surface area contributed by atoms with Gasteiger partial charge in [0.1, 0.15) is 5.69 Å². The van der Waals surface area contributed by atoms with Crippen molar-refractivity contribution in [2.45, 2.75) is 6.42 Å². The lowest BCUT2D eigenvalue weighted by atomic mass is 10.2. The van der Waals surface area contributed by atoms with Crippen LogP contribution in [0, 0.1) is 0 Å². The molecule has 6 nitrogen and oxygen atoms in total. The fraction of sp³-hybridized carbons (Fsp3) is 0.300. The van der Waals surface area contributed by atoms with Gasteiger partial charge in [-0.2, -0.15) is 0 Å². The van der Waals surface area contributed by atoms with Gasteiger partial charge in [-0.05, 0) is 18.6 Å². The SMILES string of the molecule is O=C(O)c1cccnc1C(=O)NCCCO. The summed E-state index contributed by atoms with van der Waals surface area (Å²) in [5.74, 6) is -1.74. The molecule has 1 amide bonds. The molecule has 1 aromatic rings. The zero-order valence-corrected chi connectivity index (χ0v) is 8.51. The number of aromatic carboxylic acids is 1. The van der Waals surface area contributed by atoms with Gasteiger partial charge in [-0.1, -0.05) is 0 Å². The summed E-state index contributed by atoms with van der Waals surface area (Å²) in [4.78, 5) is 26.0. The predicted molar refractivity (Wildman–Crippen MR) is 55.2 cm³/mol. The number of aliphatic hydroxyl groups excluding tert-OH is 1. The lowest BCUT2D eigenvalue weighted by Crippen LogP contribution is -2.27. The summed E-state index contributed by atoms with van der Waals surface area (Å²) in [5, 5.41) is 19.8. The number of amides is 1. The summed E-state index contributed by atoms with van der Waals surface area (Å²) in [6.07, 6.45) is 1.77. The Kier molecular flexibility index (Phi) is 4.41. The van der Waals surface area contributed by atoms with Gasteiger partial charge in [0.25, 0.3) is 5.91 Å². The first kappa shape index (κ1) is 12.1. The molecule has 0 aromatic carbocycles. The van der Waals surface area contributed by atoms with Crippen LogP contribution >= 0.6 is 0 Å². The van der Waals surface area contributed by atoms with E-state index in [1.165, 1.54) is 18.3 Å². The zero-order chi connectivity index (χ0) is 12.0. The number of carbonyl (C=O) groups excluding carboxylic acids is 1. The van der Waals surface area contributed by atoms with Gasteiger partial charge < -0.3 is 15.5 Å². The highest BCUT2D eigenvalue weighted by atomic mass is 16.4. The van der Waals surface area contributed by atoms with E-state index in [4.69, 9.17) is 10.2 Å². The van der Waals surface area contributed by atoms with Crippen LogP contribution in [-0.2, 0) is 0 Å². The summed E-state index contributed by atoms with van der Waals surface area (Å²) in [6, 6.07) is 2.77. The van der Waals surface area contributed by atoms with E-state index < -0.39 is 11.9 Å². The van der Waals surface area contributed by atoms with Crippen molar-refractivity contribution in [2.24, 2.45) is 0 Å². The average Bonchev–Trinajstić information content (AvgIpc) is 2.29. The van der Waals surface area contributed by atoms with Crippen LogP contribution in [0.2, 0.25) is 0 Å². The van der Waals surface area contributed by atoms with Gasteiger partial charge in [-0.15, -0.1) is 0 Å². The number of aliphatic hydroxyl groups is 1. The van der Waals surface area contributed by atoms with E-state index in [1.807, 2.05) is 0 Å². The molecule has 0 bridgehead atoms. The minimum atomic E-state index is -1.19. The number of pyridine rings is 1. The lowest BCUT2D eigenvalue weighted by Gasteiger charge is -2.05. The number of carbonyl (C=O) groups is 2. The molecule has 0 spiro atoms. The molecule has 0 atom stereocenters. The largest absolute Gasteiger partial charge is 0.478 e. The molecular formula is C10H12N2O4. The highest BCUT2D eigenvalue weighted by Gasteiger charge is 2.16. The minimum Gasteiger partial charge on any atom is -0.478 e. The minimum absolute atomic E-state index is 0.0334. The van der Waals surface area contributed by atoms with Crippen LogP contribution < -0.4 is 5.32 Å². The molecule has 86 valence electrons. The first-order chi connectivity index (χ1) is 7.66. The Labute approximate surface area is 91.9 Å². The summed E-state index contributed by atoms with van der Waals surface area (Å²) < 4.78 is 0. The second-order valence-electron chi connectivity index (χ2n) is 3.04. The van der Waals surface area contributed by atoms with Crippen LogP contribution in [0.15, 0.2) is 18.3 Å². The van der Waals surface area contributed by atoms with Gasteiger partial charge in [-0.3, -0.25) is 9.78 Å². The third-order valence-electron chi connectivity index (χ3n) is 1.87. The lowest BCUT2D eigenvalue weighted by molar-refractivity contribution is 0.0690. The highest BCUT2D eigenvalue weighted by molar-refractivity contribution is 6.03. The number of aromatic nitrogens is 1. The first-order valence-corrected chi connectivity index (χ1v) is 4.74. The number of carboxylic acid groups (broad SMARTS) is 1. The van der Waals surface area contributed by atoms with Crippen LogP contribution in [0.4, 0.5) is 0 Å². The topological polar surface area (TPSA) is 99.5 Å². The number of nitrogens with zero attached hydrogens (tertiary/aromatic N) is 1. The predicted octanol–water partition coefficient (Wildman–Crippen LogP) is -0.108. The number of rotatable bonds is 5. The maximum Gasteiger partial charge on any atom is 0.338 e. The first-order valence-electron chi connectivity index (χ1n) is 4.74. The molecule has 0 radical (unpaired) electrons. The van der Waals surface area contributed by atoms with Gasteiger partial charge in [0.05, 0.1) is 5.56 Å². The van der Waals surface area contributed by atoms with Crippen molar-refractivity contribution in [1.82, 2.24) is 10.3 Å². The number of carboxylic acids is 1. The van der Waals surface area contributed by atoms with Crippen molar-refractivity contribution < 1.29 is 19.8 Å². The molecule has 0 fully saturated rings. The van der Waals surface area contributed by atoms with Crippen molar-refractivity contribution >= 4 is 11.9 Å². The Morgan fingerprint density at radius 3 is 2.81 bits per heavy atom. The molecule has 1 aromatic heterocycles. The molecule has 0 aliphatic heterocycles. The van der Waals surface area contributed by atoms with E-state index in [-0.39, 0.29) is 24.4 Å². The molecule has 6 heteroatoms. The van der Waals surface area contributed by atoms with Gasteiger partial charge in [0.2, 0.25) is 0 Å². The highest BCUT2D eigenvalue weighted by Crippen LogP contribution is 2.04. The molecule has 16 heavy (non-hydrogen) atoms. The molecule has 1 rings (SSSR count). The van der Waals surface area contributed by atoms with Crippen molar-refractivity contribution in [1.29, 1.82) is 0 Å². The van der Waals surface area contributed by atoms with Crippen molar-refractivity contribution in [3.8, 4) is 0 Å². The smallest absolute Gasteiger partial charge is 0.338 e. The summed E-state index contributed by atoms with van der Waals surface area (Å²) in [7, 11) is 0. The Morgan fingerprint density at radius 2 is 2.19 bits per heavy atom. The maximum absolute atomic E-state index is 11.5. The molecule has 3 N–H and O–H groups in total. The molecule has 0 saturated carbocycles. The second-order valence-corrected chi connectivity index (χ2v) is 3.04. The summed E-state index contributed by atoms with van der Waals surface area (Å²) in [5.41, 5.74) is -0.253. The normalized spacial score (nSPS) is 9.81. The van der Waals surface area contributed by atoms with E-state index in [0.717, 1.165) is 0 Å². The van der Waals surface area contributed by atoms with Crippen LogP contribution in [0.25, 0.3) is 0 Å². The molecule has 0 saturated heterocycles. The van der Waals surface area contributed by atoms with Gasteiger partial charge in [0.15, 0.2) is 0 Å². The van der Waals surface area contributed by atoms with E-state index >= 15 is 0 Å². The van der Waals surface area contributed by atoms with E-state index in [1.54, 1.807) is 0 Å². The quantitative estimate of drug-likeness (QED) is 0.606. The van der Waals surface area contributed by atoms with Crippen LogP contribution in [0.3, 0.4) is 0 Å². The monoisotopic (exact) mass is 224 g/mol. The Bertz CT molecular complexity index is 392. The van der Waals surface area contributed by atoms with E-state index in [9.17, 15) is 9.59 Å². The van der Waals surface area contributed by atoms with Crippen LogP contribution in [0.1, 0.15) is 27.3 Å². The van der Waals surface area contributed by atoms with E-state index in [2.05, 4.69) is 10.3 Å². The fourth-order valence-electron chi connectivity index (χ4n) is 1.12. The molecule has 0 aliphatic rings. The average molecular weight is 224 g/mol. The second kappa shape index (κ2) is 5.82. The Balaban J connectivity index is 2.78. The summed E-state index contributed by atoms with van der Waals surface area (Å²) in [6.45, 7) is 0.249. The van der Waals surface area contributed by atoms with Gasteiger partial charge in [0, 0.05) is 19.3 Å². The molecule has 0 aliphatic carbocycles. The van der Waals surface area contributed by atoms with Crippen molar-refractivity contribution in [2.75, 3.05) is 13.2 Å². The maximum atomic E-state index is 11.5. The van der Waals surface area contributed by atoms with Gasteiger partial charge in [-0.25, -0.2) is 4.79 Å².